The monoisotopic (exact) mass is 230 g/mol. The van der Waals surface area contributed by atoms with E-state index in [1.54, 1.807) is 0 Å². The summed E-state index contributed by atoms with van der Waals surface area (Å²) in [6, 6.07) is 0. The topological polar surface area (TPSA) is 0 Å². The molecule has 0 atom stereocenters. The molecule has 0 bridgehead atoms. The van der Waals surface area contributed by atoms with Gasteiger partial charge in [0, 0.05) is 0 Å². The number of halogens is 1. The van der Waals surface area contributed by atoms with Gasteiger partial charge in [-0.1, -0.05) is 19.6 Å². The SMILES string of the molecule is C[Si](C)(C)Cl.[SnH2]. The first-order chi connectivity index (χ1) is 2.00. The molecule has 0 aromatic carbocycles. The standard InChI is InChI=1S/C3H9ClSi.Sn.2H/c1-5(2,3)4;;;/h1-3H3;;;. The zero-order valence-electron chi connectivity index (χ0n) is 4.59. The Labute approximate surface area is 61.9 Å². The van der Waals surface area contributed by atoms with Gasteiger partial charge in [0.25, 0.3) is 0 Å². The van der Waals surface area contributed by atoms with Crippen molar-refractivity contribution in [2.24, 2.45) is 0 Å². The van der Waals surface area contributed by atoms with Crippen LogP contribution in [0.2, 0.25) is 19.6 Å². The molecule has 0 nitrogen and oxygen atoms in total. The van der Waals surface area contributed by atoms with E-state index in [4.69, 9.17) is 11.1 Å². The molecular formula is C3H11ClSiSn. The van der Waals surface area contributed by atoms with Gasteiger partial charge in [0.2, 0.25) is 0 Å². The van der Waals surface area contributed by atoms with E-state index in [1.807, 2.05) is 0 Å². The third-order valence-electron chi connectivity index (χ3n) is 0. The molecule has 0 aliphatic carbocycles. The van der Waals surface area contributed by atoms with Gasteiger partial charge in [0.1, 0.15) is 7.38 Å². The number of hydrogen-bond acceptors (Lipinski definition) is 0. The van der Waals surface area contributed by atoms with E-state index in [0.717, 1.165) is 0 Å². The molecule has 0 aromatic rings. The van der Waals surface area contributed by atoms with Crippen LogP contribution < -0.4 is 0 Å². The van der Waals surface area contributed by atoms with Crippen molar-refractivity contribution in [3.8, 4) is 0 Å². The van der Waals surface area contributed by atoms with Gasteiger partial charge < -0.3 is 0 Å². The van der Waals surface area contributed by atoms with Crippen LogP contribution in [0.25, 0.3) is 0 Å². The van der Waals surface area contributed by atoms with E-state index in [1.165, 1.54) is 0 Å². The Bertz CT molecular complexity index is 26.3. The summed E-state index contributed by atoms with van der Waals surface area (Å²) in [5.41, 5.74) is 0. The molecule has 0 aromatic heterocycles. The Morgan fingerprint density at radius 2 is 1.17 bits per heavy atom. The Kier molecular flexibility index (Phi) is 5.72. The van der Waals surface area contributed by atoms with Crippen molar-refractivity contribution in [3.05, 3.63) is 0 Å². The molecule has 0 saturated heterocycles. The predicted molar refractivity (Wildman–Crippen MR) is 37.7 cm³/mol. The molecule has 0 heterocycles. The summed E-state index contributed by atoms with van der Waals surface area (Å²) < 4.78 is 0. The molecule has 0 spiro atoms. The van der Waals surface area contributed by atoms with E-state index in [2.05, 4.69) is 19.6 Å². The van der Waals surface area contributed by atoms with Crippen molar-refractivity contribution in [1.82, 2.24) is 0 Å². The van der Waals surface area contributed by atoms with Crippen LogP contribution in [0.5, 0.6) is 0 Å². The van der Waals surface area contributed by atoms with Crippen molar-refractivity contribution in [2.75, 3.05) is 0 Å². The molecular weight excluding hydrogens is 218 g/mol. The zero-order chi connectivity index (χ0) is 4.50. The van der Waals surface area contributed by atoms with E-state index in [9.17, 15) is 0 Å². The fraction of sp³-hybridized carbons (Fsp3) is 1.00. The van der Waals surface area contributed by atoms with Crippen molar-refractivity contribution < 1.29 is 0 Å². The minimum atomic E-state index is -1.14. The van der Waals surface area contributed by atoms with E-state index < -0.39 is 7.38 Å². The van der Waals surface area contributed by atoms with Crippen LogP contribution in [0.1, 0.15) is 0 Å². The summed E-state index contributed by atoms with van der Waals surface area (Å²) in [4.78, 5) is 0. The van der Waals surface area contributed by atoms with Gasteiger partial charge in [0.05, 0.1) is 0 Å². The van der Waals surface area contributed by atoms with Crippen LogP contribution in [0.15, 0.2) is 0 Å². The van der Waals surface area contributed by atoms with E-state index in [-0.39, 0.29) is 23.9 Å². The van der Waals surface area contributed by atoms with Crippen molar-refractivity contribution in [1.29, 1.82) is 0 Å². The number of rotatable bonds is 0. The first-order valence-electron chi connectivity index (χ1n) is 1.69. The Hall–Kier alpha value is 1.31. The summed E-state index contributed by atoms with van der Waals surface area (Å²) in [6.07, 6.45) is 0. The average molecular weight is 229 g/mol. The van der Waals surface area contributed by atoms with Gasteiger partial charge >= 0.3 is 23.9 Å². The van der Waals surface area contributed by atoms with Crippen LogP contribution in [0.4, 0.5) is 0 Å². The van der Waals surface area contributed by atoms with Gasteiger partial charge in [-0.3, -0.25) is 0 Å². The quantitative estimate of drug-likeness (QED) is 0.432. The van der Waals surface area contributed by atoms with E-state index in [0.29, 0.717) is 0 Å². The molecule has 0 aliphatic rings. The van der Waals surface area contributed by atoms with Gasteiger partial charge in [-0.05, 0) is 0 Å². The fourth-order valence-corrected chi connectivity index (χ4v) is 0. The summed E-state index contributed by atoms with van der Waals surface area (Å²) in [5.74, 6) is 0. The first kappa shape index (κ1) is 10.3. The molecule has 6 heavy (non-hydrogen) atoms. The van der Waals surface area contributed by atoms with Crippen LogP contribution in [0.3, 0.4) is 0 Å². The molecule has 3 heteroatoms. The Morgan fingerprint density at radius 1 is 1.17 bits per heavy atom. The maximum absolute atomic E-state index is 5.67. The normalized spacial score (nSPS) is 10.0. The summed E-state index contributed by atoms with van der Waals surface area (Å²) in [7, 11) is -1.14. The van der Waals surface area contributed by atoms with Crippen molar-refractivity contribution in [2.45, 2.75) is 19.6 Å². The number of hydrogen-bond donors (Lipinski definition) is 0. The van der Waals surface area contributed by atoms with Gasteiger partial charge in [-0.2, -0.15) is 11.1 Å². The molecule has 0 N–H and O–H groups in total. The summed E-state index contributed by atoms with van der Waals surface area (Å²) in [6.45, 7) is 6.28. The second kappa shape index (κ2) is 3.33. The molecule has 0 rings (SSSR count). The second-order valence-electron chi connectivity index (χ2n) is 2.07. The molecule has 0 fully saturated rings. The van der Waals surface area contributed by atoms with Crippen LogP contribution >= 0.6 is 11.1 Å². The predicted octanol–water partition coefficient (Wildman–Crippen LogP) is 1.14. The molecule has 0 unspecified atom stereocenters. The van der Waals surface area contributed by atoms with Crippen LogP contribution in [-0.4, -0.2) is 31.3 Å². The molecule has 0 saturated carbocycles. The van der Waals surface area contributed by atoms with Crippen LogP contribution in [-0.2, 0) is 0 Å². The Balaban J connectivity index is 0. The zero-order valence-corrected chi connectivity index (χ0v) is 10.4. The molecule has 0 aliphatic heterocycles. The van der Waals surface area contributed by atoms with Gasteiger partial charge in [0.15, 0.2) is 0 Å². The Morgan fingerprint density at radius 3 is 1.17 bits per heavy atom. The molecule has 38 valence electrons. The fourth-order valence-electron chi connectivity index (χ4n) is 0. The second-order valence-corrected chi connectivity index (χ2v) is 9.60. The van der Waals surface area contributed by atoms with Crippen LogP contribution in [0, 0.1) is 0 Å². The third kappa shape index (κ3) is 57.7. The van der Waals surface area contributed by atoms with Crippen molar-refractivity contribution in [3.63, 3.8) is 0 Å². The minimum absolute atomic E-state index is 0. The first-order valence-corrected chi connectivity index (χ1v) is 6.20. The summed E-state index contributed by atoms with van der Waals surface area (Å²) in [5, 5.41) is 0. The summed E-state index contributed by atoms with van der Waals surface area (Å²) >= 11 is 5.67. The molecule has 0 amide bonds. The maximum atomic E-state index is 5.67. The van der Waals surface area contributed by atoms with Crippen molar-refractivity contribution >= 4 is 42.4 Å². The average Bonchev–Trinajstić information content (AvgIpc) is 0.722. The van der Waals surface area contributed by atoms with E-state index >= 15 is 0 Å². The molecule has 2 radical (unpaired) electrons. The third-order valence-corrected chi connectivity index (χ3v) is 0. The van der Waals surface area contributed by atoms with Gasteiger partial charge in [-0.15, -0.1) is 0 Å². The van der Waals surface area contributed by atoms with Gasteiger partial charge in [-0.25, -0.2) is 0 Å².